The molecule has 18 heavy (non-hydrogen) atoms. The second kappa shape index (κ2) is 5.24. The van der Waals surface area contributed by atoms with Crippen LogP contribution in [0.3, 0.4) is 0 Å². The Balaban J connectivity index is 2.69. The van der Waals surface area contributed by atoms with Crippen molar-refractivity contribution in [3.05, 3.63) is 35.5 Å². The predicted octanol–water partition coefficient (Wildman–Crippen LogP) is 3.34. The maximum Gasteiger partial charge on any atom is 0.161 e. The maximum absolute atomic E-state index is 11.6. The summed E-state index contributed by atoms with van der Waals surface area (Å²) in [4.78, 5) is 11.6. The Hall–Kier alpha value is -1.79. The molecule has 1 aromatic carbocycles. The fourth-order valence-corrected chi connectivity index (χ4v) is 2.26. The molecule has 2 rings (SSSR count). The van der Waals surface area contributed by atoms with Crippen LogP contribution in [0.1, 0.15) is 29.3 Å². The average Bonchev–Trinajstić information content (AvgIpc) is 2.75. The first-order valence-corrected chi connectivity index (χ1v) is 6.31. The van der Waals surface area contributed by atoms with E-state index in [2.05, 4.69) is 6.07 Å². The minimum absolute atomic E-state index is 0.0136. The molecule has 0 radical (unpaired) electrons. The van der Waals surface area contributed by atoms with Gasteiger partial charge >= 0.3 is 0 Å². The number of alkyl halides is 1. The van der Waals surface area contributed by atoms with Crippen LogP contribution < -0.4 is 0 Å². The van der Waals surface area contributed by atoms with Crippen molar-refractivity contribution in [3.63, 3.8) is 0 Å². The van der Waals surface area contributed by atoms with E-state index in [9.17, 15) is 4.79 Å². The lowest BCUT2D eigenvalue weighted by molar-refractivity contribution is 0.101. The third-order valence-electron chi connectivity index (χ3n) is 2.93. The van der Waals surface area contributed by atoms with E-state index in [0.717, 1.165) is 17.3 Å². The molecule has 0 N–H and O–H groups in total. The minimum atomic E-state index is 0.0136. The van der Waals surface area contributed by atoms with Gasteiger partial charge in [-0.1, -0.05) is 12.1 Å². The molecule has 0 amide bonds. The Morgan fingerprint density at radius 3 is 2.89 bits per heavy atom. The highest BCUT2D eigenvalue weighted by atomic mass is 35.5. The molecule has 0 atom stereocenters. The molecule has 0 aliphatic rings. The molecule has 0 unspecified atom stereocenters. The van der Waals surface area contributed by atoms with E-state index in [4.69, 9.17) is 16.9 Å². The van der Waals surface area contributed by atoms with Crippen molar-refractivity contribution in [1.29, 1.82) is 5.26 Å². The molecule has 1 aromatic heterocycles. The fraction of sp³-hybridized carbons (Fsp3) is 0.286. The topological polar surface area (TPSA) is 45.8 Å². The fourth-order valence-electron chi connectivity index (χ4n) is 2.14. The number of Topliss-reactive ketones (excluding diaryl/α,β-unsaturated/α-hetero) is 1. The zero-order valence-corrected chi connectivity index (χ0v) is 10.9. The number of aromatic nitrogens is 1. The number of rotatable bonds is 4. The van der Waals surface area contributed by atoms with E-state index in [0.29, 0.717) is 23.6 Å². The Morgan fingerprint density at radius 2 is 2.28 bits per heavy atom. The van der Waals surface area contributed by atoms with Gasteiger partial charge in [-0.3, -0.25) is 4.79 Å². The summed E-state index contributed by atoms with van der Waals surface area (Å²) in [6.07, 6.45) is 2.63. The van der Waals surface area contributed by atoms with Crippen molar-refractivity contribution in [2.24, 2.45) is 0 Å². The second-order valence-corrected chi connectivity index (χ2v) is 4.53. The normalized spacial score (nSPS) is 10.5. The molecule has 4 heteroatoms. The highest BCUT2D eigenvalue weighted by Gasteiger charge is 2.14. The molecular weight excluding hydrogens is 248 g/mol. The van der Waals surface area contributed by atoms with Crippen molar-refractivity contribution in [1.82, 2.24) is 4.57 Å². The summed E-state index contributed by atoms with van der Waals surface area (Å²) in [5, 5.41) is 10.0. The lowest BCUT2D eigenvalue weighted by Gasteiger charge is -2.04. The van der Waals surface area contributed by atoms with Gasteiger partial charge in [0.15, 0.2) is 5.78 Å². The number of para-hydroxylation sites is 1. The van der Waals surface area contributed by atoms with E-state index < -0.39 is 0 Å². The molecule has 0 saturated heterocycles. The molecule has 3 nitrogen and oxygen atoms in total. The molecule has 0 aliphatic heterocycles. The monoisotopic (exact) mass is 260 g/mol. The Labute approximate surface area is 111 Å². The summed E-state index contributed by atoms with van der Waals surface area (Å²) in [5.74, 6) is 0.573. The molecule has 0 bridgehead atoms. The molecule has 1 heterocycles. The van der Waals surface area contributed by atoms with Crippen LogP contribution in [-0.2, 0) is 6.54 Å². The molecular formula is C14H13ClN2O. The van der Waals surface area contributed by atoms with Gasteiger partial charge in [-0.25, -0.2) is 0 Å². The smallest absolute Gasteiger partial charge is 0.161 e. The van der Waals surface area contributed by atoms with E-state index in [-0.39, 0.29) is 5.78 Å². The first-order chi connectivity index (χ1) is 8.69. The first kappa shape index (κ1) is 12.7. The summed E-state index contributed by atoms with van der Waals surface area (Å²) in [5.41, 5.74) is 2.08. The number of nitriles is 1. The third kappa shape index (κ3) is 2.12. The highest BCUT2D eigenvalue weighted by Crippen LogP contribution is 2.25. The van der Waals surface area contributed by atoms with Crippen LogP contribution in [0.5, 0.6) is 0 Å². The number of ketones is 1. The van der Waals surface area contributed by atoms with Crippen LogP contribution in [0, 0.1) is 11.3 Å². The summed E-state index contributed by atoms with van der Waals surface area (Å²) in [6.45, 7) is 2.26. The number of fused-ring (bicyclic) bond motifs is 1. The predicted molar refractivity (Wildman–Crippen MR) is 72.0 cm³/mol. The van der Waals surface area contributed by atoms with Gasteiger partial charge in [-0.15, -0.1) is 11.6 Å². The number of hydrogen-bond donors (Lipinski definition) is 0. The standard InChI is InChI=1S/C14H13ClN2O/c1-10(18)13-9-17(7-3-6-15)14-11(8-16)4-2-5-12(13)14/h2,4-5,9H,3,6-7H2,1H3. The zero-order chi connectivity index (χ0) is 13.1. The summed E-state index contributed by atoms with van der Waals surface area (Å²) >= 11 is 5.70. The van der Waals surface area contributed by atoms with Crippen molar-refractivity contribution < 1.29 is 4.79 Å². The average molecular weight is 261 g/mol. The van der Waals surface area contributed by atoms with Gasteiger partial charge in [-0.05, 0) is 19.4 Å². The number of benzene rings is 1. The zero-order valence-electron chi connectivity index (χ0n) is 10.1. The summed E-state index contributed by atoms with van der Waals surface area (Å²) in [7, 11) is 0. The molecule has 0 spiro atoms. The van der Waals surface area contributed by atoms with Crippen molar-refractivity contribution in [3.8, 4) is 6.07 Å². The van der Waals surface area contributed by atoms with Crippen LogP contribution in [0.15, 0.2) is 24.4 Å². The van der Waals surface area contributed by atoms with E-state index in [1.54, 1.807) is 19.1 Å². The lowest BCUT2D eigenvalue weighted by atomic mass is 10.1. The van der Waals surface area contributed by atoms with Gasteiger partial charge in [0.25, 0.3) is 0 Å². The quantitative estimate of drug-likeness (QED) is 0.625. The molecule has 0 fully saturated rings. The first-order valence-electron chi connectivity index (χ1n) is 5.78. The molecule has 0 aliphatic carbocycles. The van der Waals surface area contributed by atoms with E-state index in [1.165, 1.54) is 0 Å². The van der Waals surface area contributed by atoms with Crippen LogP contribution in [0.25, 0.3) is 10.9 Å². The largest absolute Gasteiger partial charge is 0.346 e. The maximum atomic E-state index is 11.6. The number of aryl methyl sites for hydroxylation is 1. The number of carbonyl (C=O) groups excluding carboxylic acids is 1. The molecule has 2 aromatic rings. The Morgan fingerprint density at radius 1 is 1.50 bits per heavy atom. The van der Waals surface area contributed by atoms with Gasteiger partial charge in [0.2, 0.25) is 0 Å². The van der Waals surface area contributed by atoms with Gasteiger partial charge in [0.05, 0.1) is 11.1 Å². The number of hydrogen-bond acceptors (Lipinski definition) is 2. The van der Waals surface area contributed by atoms with Crippen molar-refractivity contribution in [2.45, 2.75) is 19.9 Å². The van der Waals surface area contributed by atoms with Gasteiger partial charge in [-0.2, -0.15) is 5.26 Å². The van der Waals surface area contributed by atoms with Gasteiger partial charge in [0.1, 0.15) is 6.07 Å². The van der Waals surface area contributed by atoms with Crippen LogP contribution in [0.4, 0.5) is 0 Å². The second-order valence-electron chi connectivity index (χ2n) is 4.15. The lowest BCUT2D eigenvalue weighted by Crippen LogP contribution is -1.98. The molecule has 0 saturated carbocycles. The van der Waals surface area contributed by atoms with Crippen molar-refractivity contribution in [2.75, 3.05) is 5.88 Å². The number of carbonyl (C=O) groups is 1. The summed E-state index contributed by atoms with van der Waals surface area (Å²) in [6, 6.07) is 7.63. The van der Waals surface area contributed by atoms with Crippen LogP contribution in [-0.4, -0.2) is 16.2 Å². The number of halogens is 1. The van der Waals surface area contributed by atoms with Gasteiger partial charge < -0.3 is 4.57 Å². The highest BCUT2D eigenvalue weighted by molar-refractivity contribution is 6.17. The minimum Gasteiger partial charge on any atom is -0.346 e. The Kier molecular flexibility index (Phi) is 3.69. The molecule has 92 valence electrons. The van der Waals surface area contributed by atoms with Crippen molar-refractivity contribution >= 4 is 28.3 Å². The Bertz CT molecular complexity index is 637. The van der Waals surface area contributed by atoms with E-state index in [1.807, 2.05) is 16.8 Å². The van der Waals surface area contributed by atoms with Gasteiger partial charge in [0, 0.05) is 29.6 Å². The summed E-state index contributed by atoms with van der Waals surface area (Å²) < 4.78 is 1.95. The third-order valence-corrected chi connectivity index (χ3v) is 3.20. The van der Waals surface area contributed by atoms with E-state index >= 15 is 0 Å². The van der Waals surface area contributed by atoms with Crippen LogP contribution in [0.2, 0.25) is 0 Å². The number of nitrogens with zero attached hydrogens (tertiary/aromatic N) is 2. The SMILES string of the molecule is CC(=O)c1cn(CCCCl)c2c(C#N)cccc12. The van der Waals surface area contributed by atoms with Crippen LogP contribution >= 0.6 is 11.6 Å².